The molecule has 0 spiro atoms. The second kappa shape index (κ2) is 9.00. The Morgan fingerprint density at radius 1 is 1.04 bits per heavy atom. The molecule has 150 valence electrons. The molecule has 1 aliphatic heterocycles. The van der Waals surface area contributed by atoms with Gasteiger partial charge in [-0.15, -0.1) is 0 Å². The number of para-hydroxylation sites is 2. The molecule has 2 aromatic carbocycles. The number of amides is 1. The van der Waals surface area contributed by atoms with E-state index in [0.717, 1.165) is 41.4 Å². The summed E-state index contributed by atoms with van der Waals surface area (Å²) in [4.78, 5) is 16.8. The Kier molecular flexibility index (Phi) is 6.45. The Labute approximate surface area is 167 Å². The number of hydrogen-bond acceptors (Lipinski definition) is 4. The summed E-state index contributed by atoms with van der Waals surface area (Å²) >= 11 is 0. The maximum Gasteiger partial charge on any atom is 0.260 e. The first-order valence-electron chi connectivity index (χ1n) is 9.88. The molecule has 1 fully saturated rings. The van der Waals surface area contributed by atoms with Crippen LogP contribution in [0.15, 0.2) is 42.5 Å². The van der Waals surface area contributed by atoms with Crippen molar-refractivity contribution in [3.8, 4) is 11.5 Å². The predicted molar refractivity (Wildman–Crippen MR) is 113 cm³/mol. The van der Waals surface area contributed by atoms with Gasteiger partial charge in [-0.05, 0) is 42.2 Å². The predicted octanol–water partition coefficient (Wildman–Crippen LogP) is 3.85. The lowest BCUT2D eigenvalue weighted by Gasteiger charge is -2.36. The number of anilines is 1. The average molecular weight is 383 g/mol. The lowest BCUT2D eigenvalue weighted by Crippen LogP contribution is -2.50. The Morgan fingerprint density at radius 2 is 1.75 bits per heavy atom. The van der Waals surface area contributed by atoms with Crippen molar-refractivity contribution >= 4 is 11.6 Å². The molecular formula is C23H30N2O3. The van der Waals surface area contributed by atoms with Crippen molar-refractivity contribution in [1.82, 2.24) is 4.90 Å². The number of rotatable bonds is 6. The quantitative estimate of drug-likeness (QED) is 0.761. The molecule has 0 saturated carbocycles. The van der Waals surface area contributed by atoms with Gasteiger partial charge in [-0.25, -0.2) is 0 Å². The van der Waals surface area contributed by atoms with Crippen molar-refractivity contribution in [2.45, 2.75) is 26.7 Å². The monoisotopic (exact) mass is 382 g/mol. The largest absolute Gasteiger partial charge is 0.495 e. The molecule has 0 aromatic heterocycles. The lowest BCUT2D eigenvalue weighted by atomic mass is 10.0. The third-order valence-electron chi connectivity index (χ3n) is 5.20. The highest BCUT2D eigenvalue weighted by molar-refractivity contribution is 5.78. The van der Waals surface area contributed by atoms with Gasteiger partial charge in [0.1, 0.15) is 11.5 Å². The highest BCUT2D eigenvalue weighted by Gasteiger charge is 2.23. The van der Waals surface area contributed by atoms with E-state index >= 15 is 0 Å². The standard InChI is InChI=1S/C23H30N2O3/c1-17(2)19-10-9-18(3)15-22(19)28-16-23(26)25-13-11-24(12-14-25)20-7-5-6-8-21(20)27-4/h5-10,15,17H,11-14,16H2,1-4H3. The van der Waals surface area contributed by atoms with Crippen molar-refractivity contribution in [1.29, 1.82) is 0 Å². The second-order valence-electron chi connectivity index (χ2n) is 7.52. The van der Waals surface area contributed by atoms with Crippen molar-refractivity contribution in [3.63, 3.8) is 0 Å². The Balaban J connectivity index is 1.57. The number of nitrogens with zero attached hydrogens (tertiary/aromatic N) is 2. The molecule has 0 unspecified atom stereocenters. The first-order valence-corrected chi connectivity index (χ1v) is 9.88. The summed E-state index contributed by atoms with van der Waals surface area (Å²) in [6, 6.07) is 14.2. The summed E-state index contributed by atoms with van der Waals surface area (Å²) in [5.74, 6) is 2.08. The minimum atomic E-state index is 0.0379. The molecule has 1 heterocycles. The van der Waals surface area contributed by atoms with Crippen LogP contribution in [-0.4, -0.2) is 50.7 Å². The van der Waals surface area contributed by atoms with E-state index in [0.29, 0.717) is 19.0 Å². The molecule has 1 amide bonds. The minimum Gasteiger partial charge on any atom is -0.495 e. The van der Waals surface area contributed by atoms with Crippen LogP contribution in [0.4, 0.5) is 5.69 Å². The van der Waals surface area contributed by atoms with Crippen LogP contribution in [0, 0.1) is 6.92 Å². The number of benzene rings is 2. The second-order valence-corrected chi connectivity index (χ2v) is 7.52. The summed E-state index contributed by atoms with van der Waals surface area (Å²) in [5.41, 5.74) is 3.35. The SMILES string of the molecule is COc1ccccc1N1CCN(C(=O)COc2cc(C)ccc2C(C)C)CC1. The van der Waals surface area contributed by atoms with Gasteiger partial charge in [-0.3, -0.25) is 4.79 Å². The fraction of sp³-hybridized carbons (Fsp3) is 0.435. The molecule has 0 N–H and O–H groups in total. The van der Waals surface area contributed by atoms with E-state index in [1.807, 2.05) is 36.1 Å². The van der Waals surface area contributed by atoms with Crippen LogP contribution in [0.5, 0.6) is 11.5 Å². The van der Waals surface area contributed by atoms with Gasteiger partial charge >= 0.3 is 0 Å². The topological polar surface area (TPSA) is 42.0 Å². The van der Waals surface area contributed by atoms with E-state index < -0.39 is 0 Å². The van der Waals surface area contributed by atoms with E-state index in [9.17, 15) is 4.79 Å². The van der Waals surface area contributed by atoms with Gasteiger partial charge in [0, 0.05) is 26.2 Å². The van der Waals surface area contributed by atoms with Crippen molar-refractivity contribution in [2.75, 3.05) is 44.8 Å². The van der Waals surface area contributed by atoms with Gasteiger partial charge in [0.05, 0.1) is 12.8 Å². The van der Waals surface area contributed by atoms with E-state index in [2.05, 4.69) is 36.9 Å². The van der Waals surface area contributed by atoms with Crippen LogP contribution in [-0.2, 0) is 4.79 Å². The molecule has 3 rings (SSSR count). The summed E-state index contributed by atoms with van der Waals surface area (Å²) in [5, 5.41) is 0. The van der Waals surface area contributed by atoms with Crippen LogP contribution < -0.4 is 14.4 Å². The zero-order chi connectivity index (χ0) is 20.1. The highest BCUT2D eigenvalue weighted by Crippen LogP contribution is 2.29. The molecular weight excluding hydrogens is 352 g/mol. The maximum atomic E-state index is 12.7. The third-order valence-corrected chi connectivity index (χ3v) is 5.20. The van der Waals surface area contributed by atoms with Crippen LogP contribution in [0.3, 0.4) is 0 Å². The first kappa shape index (κ1) is 20.1. The van der Waals surface area contributed by atoms with Crippen molar-refractivity contribution < 1.29 is 14.3 Å². The average Bonchev–Trinajstić information content (AvgIpc) is 2.72. The number of ether oxygens (including phenoxy) is 2. The summed E-state index contributed by atoms with van der Waals surface area (Å²) < 4.78 is 11.4. The van der Waals surface area contributed by atoms with E-state index in [1.54, 1.807) is 7.11 Å². The minimum absolute atomic E-state index is 0.0379. The molecule has 5 nitrogen and oxygen atoms in total. The fourth-order valence-corrected chi connectivity index (χ4v) is 3.56. The number of piperazine rings is 1. The fourth-order valence-electron chi connectivity index (χ4n) is 3.56. The molecule has 0 bridgehead atoms. The van der Waals surface area contributed by atoms with Gasteiger partial charge < -0.3 is 19.3 Å². The third kappa shape index (κ3) is 4.58. The van der Waals surface area contributed by atoms with Gasteiger partial charge in [0.25, 0.3) is 5.91 Å². The summed E-state index contributed by atoms with van der Waals surface area (Å²) in [6.07, 6.45) is 0. The Bertz CT molecular complexity index is 811. The van der Waals surface area contributed by atoms with Gasteiger partial charge in [0.15, 0.2) is 6.61 Å². The van der Waals surface area contributed by atoms with Gasteiger partial charge in [-0.2, -0.15) is 0 Å². The van der Waals surface area contributed by atoms with Gasteiger partial charge in [-0.1, -0.05) is 38.1 Å². The highest BCUT2D eigenvalue weighted by atomic mass is 16.5. The van der Waals surface area contributed by atoms with E-state index in [4.69, 9.17) is 9.47 Å². The molecule has 0 radical (unpaired) electrons. The normalized spacial score (nSPS) is 14.3. The number of methoxy groups -OCH3 is 1. The molecule has 0 atom stereocenters. The van der Waals surface area contributed by atoms with Gasteiger partial charge in [0.2, 0.25) is 0 Å². The van der Waals surface area contributed by atoms with Crippen LogP contribution in [0.25, 0.3) is 0 Å². The number of carbonyl (C=O) groups is 1. The molecule has 28 heavy (non-hydrogen) atoms. The van der Waals surface area contributed by atoms with Crippen molar-refractivity contribution in [3.05, 3.63) is 53.6 Å². The molecule has 1 saturated heterocycles. The number of carbonyl (C=O) groups excluding carboxylic acids is 1. The maximum absolute atomic E-state index is 12.7. The van der Waals surface area contributed by atoms with E-state index in [1.165, 1.54) is 0 Å². The van der Waals surface area contributed by atoms with E-state index in [-0.39, 0.29) is 12.5 Å². The zero-order valence-corrected chi connectivity index (χ0v) is 17.3. The summed E-state index contributed by atoms with van der Waals surface area (Å²) in [7, 11) is 1.69. The van der Waals surface area contributed by atoms with Crippen molar-refractivity contribution in [2.24, 2.45) is 0 Å². The molecule has 5 heteroatoms. The Hall–Kier alpha value is -2.69. The smallest absolute Gasteiger partial charge is 0.260 e. The molecule has 0 aliphatic carbocycles. The molecule has 2 aromatic rings. The van der Waals surface area contributed by atoms with Crippen LogP contribution in [0.1, 0.15) is 30.9 Å². The zero-order valence-electron chi connectivity index (χ0n) is 17.3. The Morgan fingerprint density at radius 3 is 2.43 bits per heavy atom. The molecule has 1 aliphatic rings. The number of aryl methyl sites for hydroxylation is 1. The summed E-state index contributed by atoms with van der Waals surface area (Å²) in [6.45, 7) is 9.33. The van der Waals surface area contributed by atoms with Crippen LogP contribution >= 0.6 is 0 Å². The lowest BCUT2D eigenvalue weighted by molar-refractivity contribution is -0.133. The first-order chi connectivity index (χ1) is 13.5. The number of hydrogen-bond donors (Lipinski definition) is 0. The van der Waals surface area contributed by atoms with Crippen LogP contribution in [0.2, 0.25) is 0 Å².